The summed E-state index contributed by atoms with van der Waals surface area (Å²) in [4.78, 5) is 12.6. The molecule has 2 aromatic carbocycles. The fourth-order valence-electron chi connectivity index (χ4n) is 3.58. The molecular weight excluding hydrogens is 310 g/mol. The number of rotatable bonds is 5. The largest absolute Gasteiger partial charge is 0.481 e. The average molecular weight is 337 g/mol. The Kier molecular flexibility index (Phi) is 5.42. The number of benzene rings is 2. The minimum Gasteiger partial charge on any atom is -0.481 e. The van der Waals surface area contributed by atoms with Gasteiger partial charge in [-0.2, -0.15) is 0 Å². The lowest BCUT2D eigenvalue weighted by atomic mass is 9.91. The van der Waals surface area contributed by atoms with E-state index >= 15 is 0 Å². The van der Waals surface area contributed by atoms with Crippen LogP contribution < -0.4 is 10.1 Å². The molecule has 1 N–H and O–H groups in total. The van der Waals surface area contributed by atoms with Crippen LogP contribution in [0.4, 0.5) is 0 Å². The van der Waals surface area contributed by atoms with Crippen molar-refractivity contribution in [3.8, 4) is 5.75 Å². The summed E-state index contributed by atoms with van der Waals surface area (Å²) in [6, 6.07) is 14.3. The summed E-state index contributed by atoms with van der Waals surface area (Å²) in [6.07, 6.45) is 4.06. The van der Waals surface area contributed by atoms with Crippen LogP contribution in [0.25, 0.3) is 0 Å². The highest BCUT2D eigenvalue weighted by Crippen LogP contribution is 2.30. The predicted octanol–water partition coefficient (Wildman–Crippen LogP) is 4.52. The molecule has 3 heteroatoms. The summed E-state index contributed by atoms with van der Waals surface area (Å²) in [5, 5.41) is 3.07. The van der Waals surface area contributed by atoms with Crippen LogP contribution in [0.2, 0.25) is 0 Å². The SMILES string of the molecule is Cc1ccccc1C(C)NC(=O)C(C)Oc1cccc2c1CCCC2. The van der Waals surface area contributed by atoms with E-state index in [4.69, 9.17) is 4.74 Å². The number of carbonyl (C=O) groups excluding carboxylic acids is 1. The molecule has 132 valence electrons. The Hall–Kier alpha value is -2.29. The molecule has 3 rings (SSSR count). The van der Waals surface area contributed by atoms with Gasteiger partial charge < -0.3 is 10.1 Å². The summed E-state index contributed by atoms with van der Waals surface area (Å²) in [5.74, 6) is 0.785. The second-order valence-electron chi connectivity index (χ2n) is 6.95. The third-order valence-corrected chi connectivity index (χ3v) is 5.04. The fourth-order valence-corrected chi connectivity index (χ4v) is 3.58. The molecule has 0 fully saturated rings. The number of nitrogens with one attached hydrogen (secondary N) is 1. The molecule has 0 saturated carbocycles. The zero-order chi connectivity index (χ0) is 17.8. The van der Waals surface area contributed by atoms with Crippen molar-refractivity contribution in [3.05, 3.63) is 64.7 Å². The van der Waals surface area contributed by atoms with Crippen molar-refractivity contribution >= 4 is 5.91 Å². The highest BCUT2D eigenvalue weighted by molar-refractivity contribution is 5.81. The Bertz CT molecular complexity index is 753. The minimum absolute atomic E-state index is 0.0376. The van der Waals surface area contributed by atoms with Gasteiger partial charge in [-0.3, -0.25) is 4.79 Å². The van der Waals surface area contributed by atoms with Crippen LogP contribution in [0.3, 0.4) is 0 Å². The Morgan fingerprint density at radius 2 is 1.80 bits per heavy atom. The van der Waals surface area contributed by atoms with Crippen molar-refractivity contribution < 1.29 is 9.53 Å². The van der Waals surface area contributed by atoms with Crippen LogP contribution in [0, 0.1) is 6.92 Å². The second kappa shape index (κ2) is 7.73. The van der Waals surface area contributed by atoms with Crippen LogP contribution in [0.1, 0.15) is 55.0 Å². The van der Waals surface area contributed by atoms with Crippen molar-refractivity contribution in [3.63, 3.8) is 0 Å². The van der Waals surface area contributed by atoms with E-state index in [1.165, 1.54) is 29.5 Å². The van der Waals surface area contributed by atoms with Crippen molar-refractivity contribution in [1.29, 1.82) is 0 Å². The van der Waals surface area contributed by atoms with Crippen LogP contribution in [-0.2, 0) is 17.6 Å². The summed E-state index contributed by atoms with van der Waals surface area (Å²) < 4.78 is 6.03. The molecule has 0 heterocycles. The molecule has 1 aliphatic carbocycles. The van der Waals surface area contributed by atoms with E-state index < -0.39 is 6.10 Å². The molecule has 0 saturated heterocycles. The van der Waals surface area contributed by atoms with E-state index in [1.807, 2.05) is 38.1 Å². The molecule has 2 unspecified atom stereocenters. The number of hydrogen-bond donors (Lipinski definition) is 1. The topological polar surface area (TPSA) is 38.3 Å². The van der Waals surface area contributed by atoms with E-state index in [2.05, 4.69) is 30.4 Å². The zero-order valence-corrected chi connectivity index (χ0v) is 15.3. The summed E-state index contributed by atoms with van der Waals surface area (Å²) in [6.45, 7) is 5.90. The van der Waals surface area contributed by atoms with E-state index in [0.29, 0.717) is 0 Å². The number of amides is 1. The molecule has 0 bridgehead atoms. The van der Waals surface area contributed by atoms with Gasteiger partial charge in [0.25, 0.3) is 5.91 Å². The molecule has 3 nitrogen and oxygen atoms in total. The Balaban J connectivity index is 1.66. The van der Waals surface area contributed by atoms with Gasteiger partial charge >= 0.3 is 0 Å². The number of carbonyl (C=O) groups is 1. The molecular formula is C22H27NO2. The molecule has 1 amide bonds. The van der Waals surface area contributed by atoms with Gasteiger partial charge in [0.05, 0.1) is 6.04 Å². The second-order valence-corrected chi connectivity index (χ2v) is 6.95. The van der Waals surface area contributed by atoms with Crippen LogP contribution in [0.5, 0.6) is 5.75 Å². The first kappa shape index (κ1) is 17.5. The maximum absolute atomic E-state index is 12.6. The molecule has 2 aromatic rings. The lowest BCUT2D eigenvalue weighted by molar-refractivity contribution is -0.127. The molecule has 2 atom stereocenters. The highest BCUT2D eigenvalue weighted by atomic mass is 16.5. The predicted molar refractivity (Wildman–Crippen MR) is 101 cm³/mol. The quantitative estimate of drug-likeness (QED) is 0.871. The smallest absolute Gasteiger partial charge is 0.261 e. The molecule has 25 heavy (non-hydrogen) atoms. The van der Waals surface area contributed by atoms with Gasteiger partial charge in [-0.15, -0.1) is 0 Å². The van der Waals surface area contributed by atoms with Crippen LogP contribution in [0.15, 0.2) is 42.5 Å². The van der Waals surface area contributed by atoms with E-state index in [-0.39, 0.29) is 11.9 Å². The van der Waals surface area contributed by atoms with Crippen molar-refractivity contribution in [2.75, 3.05) is 0 Å². The normalized spacial score (nSPS) is 15.8. The standard InChI is InChI=1S/C22H27NO2/c1-15-9-4-6-12-19(15)16(2)23-22(24)17(3)25-21-14-8-11-18-10-5-7-13-20(18)21/h4,6,8-9,11-12,14,16-17H,5,7,10,13H2,1-3H3,(H,23,24). The maximum Gasteiger partial charge on any atom is 0.261 e. The monoisotopic (exact) mass is 337 g/mol. The Morgan fingerprint density at radius 3 is 2.60 bits per heavy atom. The molecule has 1 aliphatic rings. The van der Waals surface area contributed by atoms with Crippen LogP contribution in [-0.4, -0.2) is 12.0 Å². The van der Waals surface area contributed by atoms with Crippen molar-refractivity contribution in [2.45, 2.75) is 58.6 Å². The lowest BCUT2D eigenvalue weighted by Crippen LogP contribution is -2.38. The summed E-state index contributed by atoms with van der Waals surface area (Å²) in [7, 11) is 0. The third kappa shape index (κ3) is 4.04. The van der Waals surface area contributed by atoms with Gasteiger partial charge in [-0.05, 0) is 74.8 Å². The van der Waals surface area contributed by atoms with Crippen molar-refractivity contribution in [2.24, 2.45) is 0 Å². The number of fused-ring (bicyclic) bond motifs is 1. The molecule has 0 radical (unpaired) electrons. The van der Waals surface area contributed by atoms with Gasteiger partial charge in [0, 0.05) is 0 Å². The minimum atomic E-state index is -0.514. The number of hydrogen-bond acceptors (Lipinski definition) is 2. The van der Waals surface area contributed by atoms with Crippen molar-refractivity contribution in [1.82, 2.24) is 5.32 Å². The van der Waals surface area contributed by atoms with Gasteiger partial charge in [0.15, 0.2) is 6.10 Å². The number of aryl methyl sites for hydroxylation is 2. The maximum atomic E-state index is 12.6. The summed E-state index contributed by atoms with van der Waals surface area (Å²) in [5.41, 5.74) is 4.96. The Labute approximate surface area is 150 Å². The van der Waals surface area contributed by atoms with E-state index in [0.717, 1.165) is 24.2 Å². The first-order valence-electron chi connectivity index (χ1n) is 9.19. The zero-order valence-electron chi connectivity index (χ0n) is 15.3. The van der Waals surface area contributed by atoms with Gasteiger partial charge in [0.1, 0.15) is 5.75 Å². The lowest BCUT2D eigenvalue weighted by Gasteiger charge is -2.23. The highest BCUT2D eigenvalue weighted by Gasteiger charge is 2.21. The van der Waals surface area contributed by atoms with E-state index in [1.54, 1.807) is 0 Å². The molecule has 0 aliphatic heterocycles. The van der Waals surface area contributed by atoms with E-state index in [9.17, 15) is 4.79 Å². The van der Waals surface area contributed by atoms with Gasteiger partial charge in [-0.1, -0.05) is 36.4 Å². The summed E-state index contributed by atoms with van der Waals surface area (Å²) >= 11 is 0. The fraction of sp³-hybridized carbons (Fsp3) is 0.409. The number of ether oxygens (including phenoxy) is 1. The Morgan fingerprint density at radius 1 is 1.04 bits per heavy atom. The van der Waals surface area contributed by atoms with Gasteiger partial charge in [0.2, 0.25) is 0 Å². The molecule has 0 spiro atoms. The molecule has 0 aromatic heterocycles. The first-order chi connectivity index (χ1) is 12.1. The third-order valence-electron chi connectivity index (χ3n) is 5.04. The average Bonchev–Trinajstić information content (AvgIpc) is 2.62. The van der Waals surface area contributed by atoms with Gasteiger partial charge in [-0.25, -0.2) is 0 Å². The van der Waals surface area contributed by atoms with Crippen LogP contribution >= 0.6 is 0 Å². The first-order valence-corrected chi connectivity index (χ1v) is 9.19.